The maximum absolute atomic E-state index is 10.2. The number of carboxylic acid groups (broad SMARTS) is 4. The van der Waals surface area contributed by atoms with Crippen LogP contribution in [0.15, 0.2) is 60.7 Å². The Hall–Kier alpha value is -5.38. The Bertz CT molecular complexity index is 1880. The average molecular weight is 781 g/mol. The third-order valence-corrected chi connectivity index (χ3v) is 10.5. The number of fused-ring (bicyclic) bond motifs is 1. The Morgan fingerprint density at radius 2 is 1.35 bits per heavy atom. The lowest BCUT2D eigenvalue weighted by Gasteiger charge is -2.35. The molecule has 4 aromatic rings. The summed E-state index contributed by atoms with van der Waals surface area (Å²) in [6, 6.07) is 20.4. The second kappa shape index (κ2) is 19.8. The van der Waals surface area contributed by atoms with E-state index < -0.39 is 23.9 Å². The predicted molar refractivity (Wildman–Crippen MR) is 207 cm³/mol. The number of nitrogens with zero attached hydrogens (tertiary/aromatic N) is 2. The van der Waals surface area contributed by atoms with Crippen molar-refractivity contribution in [2.45, 2.75) is 51.5 Å². The van der Waals surface area contributed by atoms with E-state index in [2.05, 4.69) is 60.0 Å². The minimum absolute atomic E-state index is 0.0231. The fraction of sp³-hybridized carbons (Fsp3) is 0.400. The largest absolute Gasteiger partial charge is 0.508 e. The molecule has 0 spiro atoms. The van der Waals surface area contributed by atoms with E-state index in [9.17, 15) is 5.11 Å². The lowest BCUT2D eigenvalue weighted by Crippen LogP contribution is -2.46. The molecule has 0 aliphatic carbocycles. The van der Waals surface area contributed by atoms with Crippen molar-refractivity contribution in [1.82, 2.24) is 9.80 Å². The molecule has 2 saturated heterocycles. The van der Waals surface area contributed by atoms with Crippen molar-refractivity contribution < 1.29 is 58.9 Å². The summed E-state index contributed by atoms with van der Waals surface area (Å²) in [5.74, 6) is -4.58. The molecular formula is C40H48N2O12S. The van der Waals surface area contributed by atoms with E-state index in [1.807, 2.05) is 18.2 Å². The van der Waals surface area contributed by atoms with Crippen molar-refractivity contribution >= 4 is 45.3 Å². The first kappa shape index (κ1) is 42.4. The predicted octanol–water partition coefficient (Wildman–Crippen LogP) is 5.91. The van der Waals surface area contributed by atoms with Gasteiger partial charge in [0, 0.05) is 21.7 Å². The number of aromatic hydroxyl groups is 1. The van der Waals surface area contributed by atoms with Crippen molar-refractivity contribution in [3.8, 4) is 33.4 Å². The SMILES string of the molecule is COc1cc(Cc2c(-c3ccc(OCCN4CCCC4)cc3)sc3cc(O)ccc23)ccc1OCC(C)(C)N1CCCC1.O=C(O)C(=O)O.O=C(O)C(=O)O. The van der Waals surface area contributed by atoms with Crippen LogP contribution in [0.5, 0.6) is 23.0 Å². The molecule has 15 heteroatoms. The number of aliphatic carboxylic acids is 4. The molecule has 3 heterocycles. The zero-order chi connectivity index (χ0) is 40.1. The number of likely N-dealkylation sites (tertiary alicyclic amines) is 2. The number of phenols is 1. The fourth-order valence-corrected chi connectivity index (χ4v) is 7.62. The number of phenolic OH excluding ortho intramolecular Hbond substituents is 1. The van der Waals surface area contributed by atoms with Crippen molar-refractivity contribution in [1.29, 1.82) is 0 Å². The van der Waals surface area contributed by atoms with Gasteiger partial charge in [0.25, 0.3) is 0 Å². The minimum Gasteiger partial charge on any atom is -0.508 e. The number of thiophene rings is 1. The second-order valence-corrected chi connectivity index (χ2v) is 14.7. The molecule has 0 bridgehead atoms. The first-order valence-electron chi connectivity index (χ1n) is 17.9. The third kappa shape index (κ3) is 12.3. The van der Waals surface area contributed by atoms with E-state index in [-0.39, 0.29) is 11.3 Å². The summed E-state index contributed by atoms with van der Waals surface area (Å²) >= 11 is 1.72. The van der Waals surface area contributed by atoms with Crippen LogP contribution in [0.2, 0.25) is 0 Å². The summed E-state index contributed by atoms with van der Waals surface area (Å²) in [7, 11) is 1.71. The third-order valence-electron chi connectivity index (χ3n) is 9.29. The van der Waals surface area contributed by atoms with Gasteiger partial charge in [0.15, 0.2) is 11.5 Å². The molecule has 5 N–H and O–H groups in total. The highest BCUT2D eigenvalue weighted by atomic mass is 32.1. The van der Waals surface area contributed by atoms with Gasteiger partial charge in [0.2, 0.25) is 0 Å². The van der Waals surface area contributed by atoms with Gasteiger partial charge in [-0.2, -0.15) is 0 Å². The Balaban J connectivity index is 0.000000488. The molecule has 2 fully saturated rings. The summed E-state index contributed by atoms with van der Waals surface area (Å²) in [5, 5.41) is 40.9. The van der Waals surface area contributed by atoms with Crippen LogP contribution in [-0.2, 0) is 25.6 Å². The van der Waals surface area contributed by atoms with Gasteiger partial charge in [-0.05, 0) is 149 Å². The van der Waals surface area contributed by atoms with Gasteiger partial charge in [-0.1, -0.05) is 6.07 Å². The topological polar surface area (TPSA) is 204 Å². The number of rotatable bonds is 12. The highest BCUT2D eigenvalue weighted by Gasteiger charge is 2.30. The Kier molecular flexibility index (Phi) is 15.3. The van der Waals surface area contributed by atoms with Crippen molar-refractivity contribution in [3.05, 3.63) is 71.8 Å². The molecule has 1 aromatic heterocycles. The second-order valence-electron chi connectivity index (χ2n) is 13.7. The fourth-order valence-electron chi connectivity index (χ4n) is 6.36. The molecular weight excluding hydrogens is 733 g/mol. The van der Waals surface area contributed by atoms with Gasteiger partial charge in [0.1, 0.15) is 24.7 Å². The summed E-state index contributed by atoms with van der Waals surface area (Å²) in [6.07, 6.45) is 5.86. The number of carboxylic acids is 4. The molecule has 296 valence electrons. The highest BCUT2D eigenvalue weighted by molar-refractivity contribution is 7.22. The summed E-state index contributed by atoms with van der Waals surface area (Å²) in [4.78, 5) is 42.6. The number of hydrogen-bond acceptors (Lipinski definition) is 11. The normalized spacial score (nSPS) is 14.3. The van der Waals surface area contributed by atoms with Gasteiger partial charge < -0.3 is 39.7 Å². The van der Waals surface area contributed by atoms with Crippen LogP contribution in [0.3, 0.4) is 0 Å². The molecule has 0 radical (unpaired) electrons. The molecule has 2 aliphatic rings. The summed E-state index contributed by atoms with van der Waals surface area (Å²) in [6.45, 7) is 11.5. The Labute approximate surface area is 323 Å². The molecule has 3 aromatic carbocycles. The van der Waals surface area contributed by atoms with Crippen LogP contribution < -0.4 is 14.2 Å². The average Bonchev–Trinajstić information content (AvgIpc) is 3.95. The van der Waals surface area contributed by atoms with E-state index >= 15 is 0 Å². The van der Waals surface area contributed by atoms with Crippen LogP contribution in [-0.4, -0.2) is 118 Å². The number of ether oxygens (including phenoxy) is 3. The van der Waals surface area contributed by atoms with Gasteiger partial charge in [-0.15, -0.1) is 11.3 Å². The zero-order valence-corrected chi connectivity index (χ0v) is 32.0. The molecule has 0 saturated carbocycles. The first-order valence-corrected chi connectivity index (χ1v) is 18.7. The molecule has 14 nitrogen and oxygen atoms in total. The number of benzene rings is 3. The van der Waals surface area contributed by atoms with Gasteiger partial charge in [-0.25, -0.2) is 19.2 Å². The monoisotopic (exact) mass is 780 g/mol. The number of hydrogen-bond donors (Lipinski definition) is 5. The number of carbonyl (C=O) groups is 4. The lowest BCUT2D eigenvalue weighted by molar-refractivity contribution is -0.159. The van der Waals surface area contributed by atoms with Crippen LogP contribution >= 0.6 is 11.3 Å². The van der Waals surface area contributed by atoms with Gasteiger partial charge in [-0.3, -0.25) is 9.80 Å². The molecule has 55 heavy (non-hydrogen) atoms. The maximum atomic E-state index is 10.2. The van der Waals surface area contributed by atoms with Gasteiger partial charge >= 0.3 is 23.9 Å². The zero-order valence-electron chi connectivity index (χ0n) is 31.2. The van der Waals surface area contributed by atoms with Crippen LogP contribution in [0, 0.1) is 0 Å². The lowest BCUT2D eigenvalue weighted by atomic mass is 9.98. The van der Waals surface area contributed by atoms with Crippen molar-refractivity contribution in [2.24, 2.45) is 0 Å². The first-order chi connectivity index (χ1) is 26.2. The Morgan fingerprint density at radius 3 is 1.93 bits per heavy atom. The van der Waals surface area contributed by atoms with Crippen LogP contribution in [0.1, 0.15) is 50.7 Å². The highest BCUT2D eigenvalue weighted by Crippen LogP contribution is 2.42. The summed E-state index contributed by atoms with van der Waals surface area (Å²) < 4.78 is 19.3. The van der Waals surface area contributed by atoms with E-state index in [1.165, 1.54) is 49.2 Å². The number of methoxy groups -OCH3 is 1. The molecule has 0 atom stereocenters. The molecule has 0 amide bonds. The molecule has 0 unspecified atom stereocenters. The minimum atomic E-state index is -1.82. The summed E-state index contributed by atoms with van der Waals surface area (Å²) in [5.41, 5.74) is 3.52. The quantitative estimate of drug-likeness (QED) is 0.106. The van der Waals surface area contributed by atoms with Crippen molar-refractivity contribution in [2.75, 3.05) is 53.0 Å². The van der Waals surface area contributed by atoms with Crippen LogP contribution in [0.25, 0.3) is 20.5 Å². The standard InChI is InChI=1S/C36H44N2O4S.2C2H2O4/c1-36(2,38-18-6-7-19-38)25-42-32-15-8-26(23-33(32)40-3)22-31-30-14-11-28(39)24-34(30)43-35(31)27-9-12-29(13-10-27)41-21-20-37-16-4-5-17-37;2*3-1(4)2(5)6/h8-15,23-24,39H,4-7,16-22,25H2,1-3H3;2*(H,3,4)(H,5,6). The van der Waals surface area contributed by atoms with E-state index in [4.69, 9.17) is 53.8 Å². The maximum Gasteiger partial charge on any atom is 0.414 e. The smallest absolute Gasteiger partial charge is 0.414 e. The van der Waals surface area contributed by atoms with Gasteiger partial charge in [0.05, 0.1) is 7.11 Å². The molecule has 6 rings (SSSR count). The van der Waals surface area contributed by atoms with E-state index in [0.29, 0.717) is 13.2 Å². The van der Waals surface area contributed by atoms with Crippen LogP contribution in [0.4, 0.5) is 0 Å². The van der Waals surface area contributed by atoms with Crippen molar-refractivity contribution in [3.63, 3.8) is 0 Å². The molecule has 2 aliphatic heterocycles. The Morgan fingerprint density at radius 1 is 0.745 bits per heavy atom. The van der Waals surface area contributed by atoms with E-state index in [1.54, 1.807) is 24.5 Å². The van der Waals surface area contributed by atoms with E-state index in [0.717, 1.165) is 64.5 Å².